The first-order chi connectivity index (χ1) is 17.4. The van der Waals surface area contributed by atoms with Crippen LogP contribution >= 0.6 is 11.6 Å². The van der Waals surface area contributed by atoms with Crippen LogP contribution in [0.1, 0.15) is 43.4 Å². The van der Waals surface area contributed by atoms with E-state index in [1.807, 2.05) is 92.7 Å². The van der Waals surface area contributed by atoms with Gasteiger partial charge in [-0.05, 0) is 54.7 Å². The number of ether oxygens (including phenoxy) is 1. The van der Waals surface area contributed by atoms with Gasteiger partial charge in [0.05, 0.1) is 7.11 Å². The molecule has 3 aromatic rings. The van der Waals surface area contributed by atoms with Crippen LogP contribution in [0.25, 0.3) is 0 Å². The van der Waals surface area contributed by atoms with E-state index in [1.165, 1.54) is 0 Å². The van der Waals surface area contributed by atoms with Gasteiger partial charge in [-0.1, -0.05) is 79.2 Å². The summed E-state index contributed by atoms with van der Waals surface area (Å²) in [7, 11) is 1.61. The first kappa shape index (κ1) is 27.3. The van der Waals surface area contributed by atoms with Gasteiger partial charge < -0.3 is 15.0 Å². The molecule has 0 saturated heterocycles. The van der Waals surface area contributed by atoms with E-state index in [9.17, 15) is 9.59 Å². The number of amides is 2. The highest BCUT2D eigenvalue weighted by molar-refractivity contribution is 6.31. The molecule has 190 valence electrons. The summed E-state index contributed by atoms with van der Waals surface area (Å²) in [5.74, 6) is 0.458. The maximum atomic E-state index is 13.7. The van der Waals surface area contributed by atoms with E-state index in [1.54, 1.807) is 12.0 Å². The summed E-state index contributed by atoms with van der Waals surface area (Å²) in [6.45, 7) is 4.30. The third-order valence-electron chi connectivity index (χ3n) is 6.33. The molecule has 0 aliphatic carbocycles. The van der Waals surface area contributed by atoms with Crippen LogP contribution in [0.3, 0.4) is 0 Å². The van der Waals surface area contributed by atoms with Gasteiger partial charge in [-0.3, -0.25) is 9.59 Å². The lowest BCUT2D eigenvalue weighted by Crippen LogP contribution is -2.52. The van der Waals surface area contributed by atoms with Crippen molar-refractivity contribution >= 4 is 23.4 Å². The van der Waals surface area contributed by atoms with E-state index in [0.29, 0.717) is 30.2 Å². The largest absolute Gasteiger partial charge is 0.497 e. The third kappa shape index (κ3) is 7.85. The van der Waals surface area contributed by atoms with Gasteiger partial charge >= 0.3 is 0 Å². The van der Waals surface area contributed by atoms with Gasteiger partial charge in [0.25, 0.3) is 0 Å². The fraction of sp³-hybridized carbons (Fsp3) is 0.333. The molecule has 0 unspecified atom stereocenters. The number of aryl methyl sites for hydroxylation is 1. The zero-order chi connectivity index (χ0) is 25.9. The Bertz CT molecular complexity index is 1140. The fourth-order valence-electron chi connectivity index (χ4n) is 4.05. The molecule has 2 atom stereocenters. The molecule has 0 spiro atoms. The molecule has 3 aromatic carbocycles. The molecule has 3 rings (SSSR count). The quantitative estimate of drug-likeness (QED) is 0.336. The molecule has 0 aliphatic rings. The van der Waals surface area contributed by atoms with E-state index >= 15 is 0 Å². The molecule has 2 amide bonds. The Morgan fingerprint density at radius 3 is 2.36 bits per heavy atom. The number of methoxy groups -OCH3 is 1. The van der Waals surface area contributed by atoms with Gasteiger partial charge in [0.15, 0.2) is 0 Å². The number of benzene rings is 3. The molecule has 6 heteroatoms. The summed E-state index contributed by atoms with van der Waals surface area (Å²) in [6.07, 6.45) is 1.97. The molecular weight excluding hydrogens is 472 g/mol. The average molecular weight is 507 g/mol. The van der Waals surface area contributed by atoms with Crippen LogP contribution < -0.4 is 10.1 Å². The first-order valence-corrected chi connectivity index (χ1v) is 12.8. The number of nitrogens with zero attached hydrogens (tertiary/aromatic N) is 1. The molecular formula is C30H35ClN2O3. The van der Waals surface area contributed by atoms with E-state index in [4.69, 9.17) is 16.3 Å². The molecule has 0 fully saturated rings. The molecule has 0 heterocycles. The summed E-state index contributed by atoms with van der Waals surface area (Å²) < 4.78 is 5.39. The molecule has 36 heavy (non-hydrogen) atoms. The predicted molar refractivity (Wildman–Crippen MR) is 145 cm³/mol. The number of hydrogen-bond donors (Lipinski definition) is 1. The van der Waals surface area contributed by atoms with Crippen molar-refractivity contribution < 1.29 is 14.3 Å². The highest BCUT2D eigenvalue weighted by Crippen LogP contribution is 2.21. The second-order valence-electron chi connectivity index (χ2n) is 8.99. The van der Waals surface area contributed by atoms with Crippen molar-refractivity contribution in [1.82, 2.24) is 10.2 Å². The van der Waals surface area contributed by atoms with Crippen LogP contribution in [0.2, 0.25) is 5.02 Å². The molecule has 0 radical (unpaired) electrons. The zero-order valence-corrected chi connectivity index (χ0v) is 22.0. The second-order valence-corrected chi connectivity index (χ2v) is 9.40. The Morgan fingerprint density at radius 2 is 1.67 bits per heavy atom. The SMILES string of the molecule is CC[C@H](C)NC(=O)[C@@H](Cc1ccccc1)N(Cc1cccc(OC)c1)C(=O)CCc1ccccc1Cl. The summed E-state index contributed by atoms with van der Waals surface area (Å²) >= 11 is 6.34. The predicted octanol–water partition coefficient (Wildman–Crippen LogP) is 5.84. The van der Waals surface area contributed by atoms with Crippen molar-refractivity contribution in [2.24, 2.45) is 0 Å². The minimum absolute atomic E-state index is 0.00710. The van der Waals surface area contributed by atoms with Crippen LogP contribution in [0.15, 0.2) is 78.9 Å². The number of hydrogen-bond acceptors (Lipinski definition) is 3. The molecule has 5 nitrogen and oxygen atoms in total. The van der Waals surface area contributed by atoms with Crippen LogP contribution in [0.5, 0.6) is 5.75 Å². The van der Waals surface area contributed by atoms with Crippen LogP contribution in [-0.2, 0) is 29.0 Å². The van der Waals surface area contributed by atoms with Crippen LogP contribution in [0, 0.1) is 0 Å². The number of halogens is 1. The number of carbonyl (C=O) groups is 2. The summed E-state index contributed by atoms with van der Waals surface area (Å²) in [6, 6.07) is 24.3. The highest BCUT2D eigenvalue weighted by Gasteiger charge is 2.31. The molecule has 0 aromatic heterocycles. The summed E-state index contributed by atoms with van der Waals surface area (Å²) in [5.41, 5.74) is 2.81. The van der Waals surface area contributed by atoms with Crippen molar-refractivity contribution in [2.45, 2.75) is 58.2 Å². The van der Waals surface area contributed by atoms with Crippen molar-refractivity contribution in [3.63, 3.8) is 0 Å². The maximum absolute atomic E-state index is 13.7. The van der Waals surface area contributed by atoms with Crippen molar-refractivity contribution in [3.05, 3.63) is 101 Å². The van der Waals surface area contributed by atoms with E-state index < -0.39 is 6.04 Å². The highest BCUT2D eigenvalue weighted by atomic mass is 35.5. The minimum atomic E-state index is -0.661. The maximum Gasteiger partial charge on any atom is 0.243 e. The Kier molecular flexibility index (Phi) is 10.4. The van der Waals surface area contributed by atoms with Crippen molar-refractivity contribution in [3.8, 4) is 5.75 Å². The van der Waals surface area contributed by atoms with Gasteiger partial charge in [-0.25, -0.2) is 0 Å². The van der Waals surface area contributed by atoms with Crippen molar-refractivity contribution in [1.29, 1.82) is 0 Å². The lowest BCUT2D eigenvalue weighted by molar-refractivity contribution is -0.141. The number of nitrogens with one attached hydrogen (secondary N) is 1. The van der Waals surface area contributed by atoms with Gasteiger partial charge in [0, 0.05) is 30.5 Å². The Labute approximate surface area is 219 Å². The first-order valence-electron chi connectivity index (χ1n) is 12.4. The number of rotatable bonds is 12. The van der Waals surface area contributed by atoms with Gasteiger partial charge in [0.1, 0.15) is 11.8 Å². The fourth-order valence-corrected chi connectivity index (χ4v) is 4.28. The Morgan fingerprint density at radius 1 is 0.972 bits per heavy atom. The Balaban J connectivity index is 1.94. The average Bonchev–Trinajstić information content (AvgIpc) is 2.90. The molecule has 0 saturated carbocycles. The topological polar surface area (TPSA) is 58.6 Å². The Hall–Kier alpha value is -3.31. The van der Waals surface area contributed by atoms with Crippen LogP contribution in [-0.4, -0.2) is 35.9 Å². The zero-order valence-electron chi connectivity index (χ0n) is 21.2. The smallest absolute Gasteiger partial charge is 0.243 e. The van der Waals surface area contributed by atoms with Crippen LogP contribution in [0.4, 0.5) is 0 Å². The third-order valence-corrected chi connectivity index (χ3v) is 6.69. The lowest BCUT2D eigenvalue weighted by Gasteiger charge is -2.32. The van der Waals surface area contributed by atoms with Gasteiger partial charge in [-0.15, -0.1) is 0 Å². The monoisotopic (exact) mass is 506 g/mol. The summed E-state index contributed by atoms with van der Waals surface area (Å²) in [4.78, 5) is 29.0. The summed E-state index contributed by atoms with van der Waals surface area (Å²) in [5, 5.41) is 3.74. The number of carbonyl (C=O) groups excluding carboxylic acids is 2. The molecule has 1 N–H and O–H groups in total. The molecule has 0 bridgehead atoms. The normalized spacial score (nSPS) is 12.4. The minimum Gasteiger partial charge on any atom is -0.497 e. The second kappa shape index (κ2) is 13.7. The van der Waals surface area contributed by atoms with Gasteiger partial charge in [-0.2, -0.15) is 0 Å². The lowest BCUT2D eigenvalue weighted by atomic mass is 10.0. The van der Waals surface area contributed by atoms with E-state index in [0.717, 1.165) is 23.1 Å². The van der Waals surface area contributed by atoms with Crippen molar-refractivity contribution in [2.75, 3.05) is 7.11 Å². The molecule has 0 aliphatic heterocycles. The van der Waals surface area contributed by atoms with E-state index in [2.05, 4.69) is 5.32 Å². The van der Waals surface area contributed by atoms with E-state index in [-0.39, 0.29) is 24.3 Å². The standard InChI is InChI=1S/C30H35ClN2O3/c1-4-22(2)32-30(35)28(20-23-11-6-5-7-12-23)33(21-24-13-10-15-26(19-24)36-3)29(34)18-17-25-14-8-9-16-27(25)31/h5-16,19,22,28H,4,17-18,20-21H2,1-3H3,(H,32,35)/t22-,28+/m0/s1. The van der Waals surface area contributed by atoms with Gasteiger partial charge in [0.2, 0.25) is 11.8 Å².